The number of carbonyl (C=O) groups excluding carboxylic acids is 1. The highest BCUT2D eigenvalue weighted by molar-refractivity contribution is 5.78. The maximum absolute atomic E-state index is 11.1. The molecular weight excluding hydrogens is 194 g/mol. The van der Waals surface area contributed by atoms with Crippen LogP contribution in [0.1, 0.15) is 13.3 Å². The van der Waals surface area contributed by atoms with Crippen LogP contribution in [0.2, 0.25) is 0 Å². The van der Waals surface area contributed by atoms with Crippen molar-refractivity contribution in [2.45, 2.75) is 19.4 Å². The molecular formula is C10H17N3O2. The summed E-state index contributed by atoms with van der Waals surface area (Å²) in [6.45, 7) is 4.00. The van der Waals surface area contributed by atoms with Gasteiger partial charge in [-0.3, -0.25) is 4.79 Å². The highest BCUT2D eigenvalue weighted by Crippen LogP contribution is 2.18. The third kappa shape index (κ3) is 4.28. The van der Waals surface area contributed by atoms with Gasteiger partial charge in [-0.25, -0.2) is 0 Å². The Labute approximate surface area is 89.8 Å². The molecule has 0 aromatic rings. The molecule has 1 amide bonds. The molecule has 5 heteroatoms. The fourth-order valence-corrected chi connectivity index (χ4v) is 1.62. The largest absolute Gasteiger partial charge is 0.378 e. The molecule has 0 aromatic carbocycles. The normalized spacial score (nSPS) is 24.8. The van der Waals surface area contributed by atoms with Gasteiger partial charge in [0.05, 0.1) is 18.7 Å². The Morgan fingerprint density at radius 1 is 1.67 bits per heavy atom. The zero-order valence-electron chi connectivity index (χ0n) is 8.95. The van der Waals surface area contributed by atoms with E-state index in [1.165, 1.54) is 0 Å². The number of carbonyl (C=O) groups is 1. The number of amides is 1. The second kappa shape index (κ2) is 6.38. The summed E-state index contributed by atoms with van der Waals surface area (Å²) in [7, 11) is 0. The van der Waals surface area contributed by atoms with Crippen molar-refractivity contribution < 1.29 is 9.53 Å². The second-order valence-electron chi connectivity index (χ2n) is 3.69. The van der Waals surface area contributed by atoms with Crippen molar-refractivity contribution in [3.8, 4) is 6.07 Å². The third-order valence-corrected chi connectivity index (χ3v) is 2.59. The molecule has 0 saturated carbocycles. The van der Waals surface area contributed by atoms with Crippen LogP contribution >= 0.6 is 0 Å². The molecule has 84 valence electrons. The molecule has 1 fully saturated rings. The van der Waals surface area contributed by atoms with Gasteiger partial charge in [0.25, 0.3) is 0 Å². The van der Waals surface area contributed by atoms with Gasteiger partial charge in [-0.05, 0) is 19.3 Å². The van der Waals surface area contributed by atoms with Gasteiger partial charge in [-0.2, -0.15) is 5.26 Å². The first-order valence-electron chi connectivity index (χ1n) is 5.20. The van der Waals surface area contributed by atoms with Crippen molar-refractivity contribution >= 4 is 5.91 Å². The van der Waals surface area contributed by atoms with Gasteiger partial charge in [-0.1, -0.05) is 0 Å². The molecule has 0 radical (unpaired) electrons. The van der Waals surface area contributed by atoms with Crippen LogP contribution in [0.5, 0.6) is 0 Å². The summed E-state index contributed by atoms with van der Waals surface area (Å²) in [6, 6.07) is 1.86. The zero-order chi connectivity index (χ0) is 11.1. The quantitative estimate of drug-likeness (QED) is 0.609. The average molecular weight is 211 g/mol. The molecule has 2 atom stereocenters. The molecule has 1 aliphatic heterocycles. The van der Waals surface area contributed by atoms with E-state index >= 15 is 0 Å². The van der Waals surface area contributed by atoms with Gasteiger partial charge in [0, 0.05) is 13.2 Å². The van der Waals surface area contributed by atoms with E-state index in [4.69, 9.17) is 10.00 Å². The summed E-state index contributed by atoms with van der Waals surface area (Å²) in [5.74, 6) is 0.358. The summed E-state index contributed by atoms with van der Waals surface area (Å²) in [6.07, 6.45) is 1.33. The molecule has 5 nitrogen and oxygen atoms in total. The first-order valence-corrected chi connectivity index (χ1v) is 5.20. The van der Waals surface area contributed by atoms with Crippen molar-refractivity contribution in [1.82, 2.24) is 10.6 Å². The summed E-state index contributed by atoms with van der Waals surface area (Å²) in [5, 5.41) is 13.8. The van der Waals surface area contributed by atoms with E-state index in [0.717, 1.165) is 19.6 Å². The van der Waals surface area contributed by atoms with Crippen LogP contribution < -0.4 is 10.6 Å². The number of nitrogens with zero attached hydrogens (tertiary/aromatic N) is 1. The van der Waals surface area contributed by atoms with Gasteiger partial charge >= 0.3 is 0 Å². The minimum absolute atomic E-state index is 0.0729. The summed E-state index contributed by atoms with van der Waals surface area (Å²) in [4.78, 5) is 11.1. The van der Waals surface area contributed by atoms with E-state index in [1.54, 1.807) is 0 Å². The predicted molar refractivity (Wildman–Crippen MR) is 55.0 cm³/mol. The zero-order valence-corrected chi connectivity index (χ0v) is 8.95. The summed E-state index contributed by atoms with van der Waals surface area (Å²) in [5.41, 5.74) is 0. The molecule has 1 aliphatic rings. The highest BCUT2D eigenvalue weighted by Gasteiger charge is 2.23. The Hall–Kier alpha value is -1.12. The smallest absolute Gasteiger partial charge is 0.234 e. The summed E-state index contributed by atoms with van der Waals surface area (Å²) >= 11 is 0. The standard InChI is InChI=1S/C10H17N3O2/c1-8-9(2-5-15-8)6-12-7-10(14)13-4-3-11/h8-9,12H,2,4-7H2,1H3,(H,13,14). The Balaban J connectivity index is 2.05. The van der Waals surface area contributed by atoms with Crippen molar-refractivity contribution in [2.75, 3.05) is 26.2 Å². The topological polar surface area (TPSA) is 74.2 Å². The highest BCUT2D eigenvalue weighted by atomic mass is 16.5. The van der Waals surface area contributed by atoms with E-state index in [-0.39, 0.29) is 25.1 Å². The second-order valence-corrected chi connectivity index (χ2v) is 3.69. The van der Waals surface area contributed by atoms with Gasteiger partial charge in [0.2, 0.25) is 5.91 Å². The van der Waals surface area contributed by atoms with Gasteiger partial charge in [0.15, 0.2) is 0 Å². The molecule has 2 unspecified atom stereocenters. The van der Waals surface area contributed by atoms with Crippen LogP contribution in [0.25, 0.3) is 0 Å². The lowest BCUT2D eigenvalue weighted by molar-refractivity contribution is -0.120. The lowest BCUT2D eigenvalue weighted by Gasteiger charge is -2.14. The molecule has 0 spiro atoms. The van der Waals surface area contributed by atoms with Crippen LogP contribution in [0.4, 0.5) is 0 Å². The molecule has 0 aliphatic carbocycles. The molecule has 0 aromatic heterocycles. The minimum atomic E-state index is -0.136. The monoisotopic (exact) mass is 211 g/mol. The van der Waals surface area contributed by atoms with E-state index < -0.39 is 0 Å². The fourth-order valence-electron chi connectivity index (χ4n) is 1.62. The van der Waals surface area contributed by atoms with Crippen LogP contribution in [-0.4, -0.2) is 38.3 Å². The van der Waals surface area contributed by atoms with E-state index in [9.17, 15) is 4.79 Å². The van der Waals surface area contributed by atoms with Crippen LogP contribution in [0, 0.1) is 17.2 Å². The Bertz CT molecular complexity index is 250. The van der Waals surface area contributed by atoms with Crippen LogP contribution in [-0.2, 0) is 9.53 Å². The summed E-state index contributed by atoms with van der Waals surface area (Å²) < 4.78 is 5.40. The number of hydrogen-bond donors (Lipinski definition) is 2. The Kier molecular flexibility index (Phi) is 5.08. The number of ether oxygens (including phenoxy) is 1. The van der Waals surface area contributed by atoms with Gasteiger partial charge < -0.3 is 15.4 Å². The lowest BCUT2D eigenvalue weighted by atomic mass is 10.0. The van der Waals surface area contributed by atoms with Gasteiger partial charge in [-0.15, -0.1) is 0 Å². The minimum Gasteiger partial charge on any atom is -0.378 e. The van der Waals surface area contributed by atoms with Crippen molar-refractivity contribution in [3.63, 3.8) is 0 Å². The maximum Gasteiger partial charge on any atom is 0.234 e. The number of rotatable bonds is 5. The molecule has 1 rings (SSSR count). The third-order valence-electron chi connectivity index (χ3n) is 2.59. The molecule has 1 heterocycles. The van der Waals surface area contributed by atoms with Crippen molar-refractivity contribution in [3.05, 3.63) is 0 Å². The van der Waals surface area contributed by atoms with E-state index in [2.05, 4.69) is 17.6 Å². The predicted octanol–water partition coefficient (Wildman–Crippen LogP) is -0.359. The SMILES string of the molecule is CC1OCCC1CNCC(=O)NCC#N. The number of nitrogens with one attached hydrogen (secondary N) is 2. The van der Waals surface area contributed by atoms with Crippen LogP contribution in [0.15, 0.2) is 0 Å². The molecule has 1 saturated heterocycles. The fraction of sp³-hybridized carbons (Fsp3) is 0.800. The van der Waals surface area contributed by atoms with E-state index in [0.29, 0.717) is 5.92 Å². The number of hydrogen-bond acceptors (Lipinski definition) is 4. The van der Waals surface area contributed by atoms with Crippen molar-refractivity contribution in [2.24, 2.45) is 5.92 Å². The number of nitriles is 1. The Morgan fingerprint density at radius 3 is 3.07 bits per heavy atom. The molecule has 2 N–H and O–H groups in total. The average Bonchev–Trinajstić information content (AvgIpc) is 2.61. The lowest BCUT2D eigenvalue weighted by Crippen LogP contribution is -2.37. The van der Waals surface area contributed by atoms with Crippen molar-refractivity contribution in [1.29, 1.82) is 5.26 Å². The van der Waals surface area contributed by atoms with Crippen LogP contribution in [0.3, 0.4) is 0 Å². The van der Waals surface area contributed by atoms with Gasteiger partial charge in [0.1, 0.15) is 6.54 Å². The first kappa shape index (κ1) is 12.0. The van der Waals surface area contributed by atoms with E-state index in [1.807, 2.05) is 6.07 Å². The maximum atomic E-state index is 11.1. The molecule has 0 bridgehead atoms. The molecule has 15 heavy (non-hydrogen) atoms. The first-order chi connectivity index (χ1) is 7.24. The Morgan fingerprint density at radius 2 is 2.47 bits per heavy atom.